The molecule has 160 valence electrons. The Morgan fingerprint density at radius 2 is 1.83 bits per heavy atom. The standard InChI is InChI=1S/C24H29FN2O3/c1-16(2)12-13-26-23(28)20-15-27(24(29)18-9-4-6-10-21(18)25)14-19(20)17-8-5-7-11-22(17)30-3/h4-11,16,19-20H,12-15H2,1-3H3,(H,26,28). The Balaban J connectivity index is 1.86. The molecule has 6 heteroatoms. The lowest BCUT2D eigenvalue weighted by molar-refractivity contribution is -0.124. The molecule has 2 amide bonds. The Hall–Kier alpha value is -2.89. The number of benzene rings is 2. The van der Waals surface area contributed by atoms with Gasteiger partial charge in [0.1, 0.15) is 11.6 Å². The summed E-state index contributed by atoms with van der Waals surface area (Å²) >= 11 is 0. The molecule has 0 saturated carbocycles. The minimum Gasteiger partial charge on any atom is -0.496 e. The number of rotatable bonds is 7. The lowest BCUT2D eigenvalue weighted by Gasteiger charge is -2.20. The first kappa shape index (κ1) is 21.8. The second kappa shape index (κ2) is 9.74. The smallest absolute Gasteiger partial charge is 0.256 e. The van der Waals surface area contributed by atoms with E-state index in [1.807, 2.05) is 24.3 Å². The van der Waals surface area contributed by atoms with Gasteiger partial charge in [0, 0.05) is 25.6 Å². The van der Waals surface area contributed by atoms with Gasteiger partial charge in [-0.15, -0.1) is 0 Å². The molecule has 2 unspecified atom stereocenters. The van der Waals surface area contributed by atoms with Crippen molar-refractivity contribution in [2.45, 2.75) is 26.2 Å². The predicted octanol–water partition coefficient (Wildman–Crippen LogP) is 3.85. The second-order valence-corrected chi connectivity index (χ2v) is 8.12. The van der Waals surface area contributed by atoms with E-state index in [2.05, 4.69) is 19.2 Å². The van der Waals surface area contributed by atoms with Crippen LogP contribution in [0.2, 0.25) is 0 Å². The van der Waals surface area contributed by atoms with Gasteiger partial charge in [-0.05, 0) is 36.1 Å². The summed E-state index contributed by atoms with van der Waals surface area (Å²) in [5.74, 6) is -0.525. The van der Waals surface area contributed by atoms with Crippen LogP contribution in [-0.4, -0.2) is 43.5 Å². The Kier molecular flexibility index (Phi) is 7.08. The lowest BCUT2D eigenvalue weighted by atomic mass is 9.87. The summed E-state index contributed by atoms with van der Waals surface area (Å²) in [7, 11) is 1.59. The quantitative estimate of drug-likeness (QED) is 0.752. The average molecular weight is 413 g/mol. The van der Waals surface area contributed by atoms with Crippen LogP contribution in [0.4, 0.5) is 4.39 Å². The van der Waals surface area contributed by atoms with E-state index in [-0.39, 0.29) is 23.9 Å². The normalized spacial score (nSPS) is 18.5. The summed E-state index contributed by atoms with van der Waals surface area (Å²) in [4.78, 5) is 27.6. The largest absolute Gasteiger partial charge is 0.496 e. The fourth-order valence-corrected chi connectivity index (χ4v) is 3.94. The highest BCUT2D eigenvalue weighted by Gasteiger charge is 2.41. The maximum atomic E-state index is 14.2. The van der Waals surface area contributed by atoms with E-state index >= 15 is 0 Å². The monoisotopic (exact) mass is 412 g/mol. The number of amides is 2. The number of halogens is 1. The van der Waals surface area contributed by atoms with Crippen molar-refractivity contribution in [3.05, 3.63) is 65.5 Å². The maximum Gasteiger partial charge on any atom is 0.256 e. The van der Waals surface area contributed by atoms with E-state index in [4.69, 9.17) is 4.74 Å². The van der Waals surface area contributed by atoms with Crippen LogP contribution in [0, 0.1) is 17.7 Å². The van der Waals surface area contributed by atoms with Crippen molar-refractivity contribution >= 4 is 11.8 Å². The van der Waals surface area contributed by atoms with E-state index in [0.29, 0.717) is 24.8 Å². The number of para-hydroxylation sites is 1. The van der Waals surface area contributed by atoms with E-state index in [1.54, 1.807) is 24.1 Å². The number of carbonyl (C=O) groups excluding carboxylic acids is 2. The van der Waals surface area contributed by atoms with Gasteiger partial charge in [0.05, 0.1) is 18.6 Å². The van der Waals surface area contributed by atoms with Gasteiger partial charge in [-0.3, -0.25) is 9.59 Å². The Morgan fingerprint density at radius 3 is 2.53 bits per heavy atom. The number of hydrogen-bond donors (Lipinski definition) is 1. The number of likely N-dealkylation sites (tertiary alicyclic amines) is 1. The molecule has 30 heavy (non-hydrogen) atoms. The molecule has 1 N–H and O–H groups in total. The molecular formula is C24H29FN2O3. The van der Waals surface area contributed by atoms with Crippen molar-refractivity contribution < 1.29 is 18.7 Å². The number of ether oxygens (including phenoxy) is 1. The van der Waals surface area contributed by atoms with Crippen molar-refractivity contribution in [1.82, 2.24) is 10.2 Å². The summed E-state index contributed by atoms with van der Waals surface area (Å²) in [5, 5.41) is 3.01. The summed E-state index contributed by atoms with van der Waals surface area (Å²) in [6.45, 7) is 5.37. The molecule has 2 aromatic carbocycles. The van der Waals surface area contributed by atoms with Gasteiger partial charge in [-0.1, -0.05) is 44.2 Å². The van der Waals surface area contributed by atoms with Gasteiger partial charge in [-0.2, -0.15) is 0 Å². The van der Waals surface area contributed by atoms with Crippen LogP contribution in [0.25, 0.3) is 0 Å². The van der Waals surface area contributed by atoms with E-state index in [0.717, 1.165) is 12.0 Å². The van der Waals surface area contributed by atoms with Crippen LogP contribution in [0.15, 0.2) is 48.5 Å². The van der Waals surface area contributed by atoms with Gasteiger partial charge < -0.3 is 15.0 Å². The molecule has 1 heterocycles. The predicted molar refractivity (Wildman–Crippen MR) is 114 cm³/mol. The van der Waals surface area contributed by atoms with Crippen LogP contribution in [0.1, 0.15) is 42.1 Å². The van der Waals surface area contributed by atoms with Crippen molar-refractivity contribution in [3.8, 4) is 5.75 Å². The van der Waals surface area contributed by atoms with Crippen LogP contribution >= 0.6 is 0 Å². The van der Waals surface area contributed by atoms with E-state index < -0.39 is 17.6 Å². The van der Waals surface area contributed by atoms with Crippen LogP contribution in [0.3, 0.4) is 0 Å². The molecule has 2 aromatic rings. The van der Waals surface area contributed by atoms with Gasteiger partial charge in [-0.25, -0.2) is 4.39 Å². The topological polar surface area (TPSA) is 58.6 Å². The Bertz CT molecular complexity index is 900. The third kappa shape index (κ3) is 4.81. The number of nitrogens with one attached hydrogen (secondary N) is 1. The molecule has 0 bridgehead atoms. The first-order valence-corrected chi connectivity index (χ1v) is 10.4. The van der Waals surface area contributed by atoms with Crippen molar-refractivity contribution in [3.63, 3.8) is 0 Å². The molecule has 3 rings (SSSR count). The minimum absolute atomic E-state index is 0.0251. The summed E-state index contributed by atoms with van der Waals surface area (Å²) in [6.07, 6.45) is 0.885. The number of nitrogens with zero attached hydrogens (tertiary/aromatic N) is 1. The fourth-order valence-electron chi connectivity index (χ4n) is 3.94. The zero-order valence-electron chi connectivity index (χ0n) is 17.7. The number of carbonyl (C=O) groups is 2. The maximum absolute atomic E-state index is 14.2. The zero-order chi connectivity index (χ0) is 21.7. The highest BCUT2D eigenvalue weighted by atomic mass is 19.1. The Labute approximate surface area is 177 Å². The van der Waals surface area contributed by atoms with Gasteiger partial charge in [0.15, 0.2) is 0 Å². The molecule has 2 atom stereocenters. The third-order valence-corrected chi connectivity index (χ3v) is 5.61. The molecule has 0 spiro atoms. The first-order valence-electron chi connectivity index (χ1n) is 10.4. The van der Waals surface area contributed by atoms with E-state index in [9.17, 15) is 14.0 Å². The van der Waals surface area contributed by atoms with E-state index in [1.165, 1.54) is 12.1 Å². The summed E-state index contributed by atoms with van der Waals surface area (Å²) in [6, 6.07) is 13.5. The SMILES string of the molecule is COc1ccccc1C1CN(C(=O)c2ccccc2F)CC1C(=O)NCCC(C)C. The van der Waals surface area contributed by atoms with Crippen molar-refractivity contribution in [2.75, 3.05) is 26.7 Å². The van der Waals surface area contributed by atoms with Gasteiger partial charge >= 0.3 is 0 Å². The highest BCUT2D eigenvalue weighted by molar-refractivity contribution is 5.95. The van der Waals surface area contributed by atoms with Crippen LogP contribution in [-0.2, 0) is 4.79 Å². The Morgan fingerprint density at radius 1 is 1.13 bits per heavy atom. The molecular weight excluding hydrogens is 383 g/mol. The molecule has 1 fully saturated rings. The molecule has 0 aromatic heterocycles. The van der Waals surface area contributed by atoms with Crippen molar-refractivity contribution in [1.29, 1.82) is 0 Å². The van der Waals surface area contributed by atoms with Crippen LogP contribution < -0.4 is 10.1 Å². The highest BCUT2D eigenvalue weighted by Crippen LogP contribution is 2.38. The second-order valence-electron chi connectivity index (χ2n) is 8.12. The first-order chi connectivity index (χ1) is 14.4. The lowest BCUT2D eigenvalue weighted by Crippen LogP contribution is -2.36. The fraction of sp³-hybridized carbons (Fsp3) is 0.417. The summed E-state index contributed by atoms with van der Waals surface area (Å²) < 4.78 is 19.7. The third-order valence-electron chi connectivity index (χ3n) is 5.61. The van der Waals surface area contributed by atoms with Gasteiger partial charge in [0.25, 0.3) is 5.91 Å². The van der Waals surface area contributed by atoms with Crippen molar-refractivity contribution in [2.24, 2.45) is 11.8 Å². The minimum atomic E-state index is -0.554. The molecule has 0 aliphatic carbocycles. The average Bonchev–Trinajstić information content (AvgIpc) is 3.18. The number of hydrogen-bond acceptors (Lipinski definition) is 3. The number of methoxy groups -OCH3 is 1. The zero-order valence-corrected chi connectivity index (χ0v) is 17.7. The summed E-state index contributed by atoms with van der Waals surface area (Å²) in [5.41, 5.74) is 0.907. The molecule has 1 saturated heterocycles. The van der Waals surface area contributed by atoms with Crippen LogP contribution in [0.5, 0.6) is 5.75 Å². The molecule has 1 aliphatic heterocycles. The van der Waals surface area contributed by atoms with Gasteiger partial charge in [0.2, 0.25) is 5.91 Å². The molecule has 0 radical (unpaired) electrons. The molecule has 1 aliphatic rings. The molecule has 5 nitrogen and oxygen atoms in total.